The molecule has 0 atom stereocenters. The Kier molecular flexibility index (Phi) is 9.61. The van der Waals surface area contributed by atoms with Crippen LogP contribution in [0.1, 0.15) is 46.5 Å². The molecule has 0 aromatic rings. The molecule has 15 heteroatoms. The van der Waals surface area contributed by atoms with E-state index < -0.39 is 55.2 Å². The normalized spacial score (nSPS) is 15.3. The summed E-state index contributed by atoms with van der Waals surface area (Å²) in [6.45, 7) is 4.14. The van der Waals surface area contributed by atoms with Crippen LogP contribution in [0.25, 0.3) is 0 Å². The fourth-order valence-corrected chi connectivity index (χ4v) is 8.18. The van der Waals surface area contributed by atoms with Crippen molar-refractivity contribution in [1.82, 2.24) is 0 Å². The molecule has 0 radical (unpaired) electrons. The van der Waals surface area contributed by atoms with Crippen molar-refractivity contribution < 1.29 is 56.4 Å². The molecule has 4 nitrogen and oxygen atoms in total. The van der Waals surface area contributed by atoms with E-state index in [9.17, 15) is 52.7 Å². The minimum Gasteiger partial charge on any atom is -0.299 e. The van der Waals surface area contributed by atoms with Gasteiger partial charge in [0.2, 0.25) is 0 Å². The Bertz CT molecular complexity index is 683. The number of Topliss-reactive ketones (excluding diaryl/α,β-unsaturated/α-hetero) is 1. The molecular formula is C15H23F9O4S2. The van der Waals surface area contributed by atoms with E-state index in [1.165, 1.54) is 0 Å². The van der Waals surface area contributed by atoms with Crippen LogP contribution >= 0.6 is 10.3 Å². The Morgan fingerprint density at radius 2 is 1.20 bits per heavy atom. The van der Waals surface area contributed by atoms with E-state index in [-0.39, 0.29) is 24.3 Å². The lowest BCUT2D eigenvalue weighted by molar-refractivity contribution is -0.382. The first-order valence-electron chi connectivity index (χ1n) is 8.66. The lowest BCUT2D eigenvalue weighted by Gasteiger charge is -2.40. The van der Waals surface area contributed by atoms with Gasteiger partial charge < -0.3 is 0 Å². The van der Waals surface area contributed by atoms with Crippen molar-refractivity contribution >= 4 is 26.2 Å². The summed E-state index contributed by atoms with van der Waals surface area (Å²) < 4.78 is 146. The van der Waals surface area contributed by atoms with Crippen molar-refractivity contribution in [1.29, 1.82) is 0 Å². The number of carbonyl (C=O) groups is 1. The highest BCUT2D eigenvalue weighted by molar-refractivity contribution is 8.33. The summed E-state index contributed by atoms with van der Waals surface area (Å²) in [7, 11) is -10.4. The number of carbonyl (C=O) groups excluding carboxylic acids is 1. The first-order valence-corrected chi connectivity index (χ1v) is 12.1. The van der Waals surface area contributed by atoms with Gasteiger partial charge in [0, 0.05) is 11.5 Å². The molecule has 0 amide bonds. The molecule has 0 unspecified atom stereocenters. The second-order valence-corrected chi connectivity index (χ2v) is 11.6. The van der Waals surface area contributed by atoms with Crippen LogP contribution in [0.15, 0.2) is 0 Å². The number of alkyl halides is 9. The Morgan fingerprint density at radius 1 is 0.800 bits per heavy atom. The third kappa shape index (κ3) is 5.96. The van der Waals surface area contributed by atoms with Crippen molar-refractivity contribution in [3.05, 3.63) is 0 Å². The zero-order valence-electron chi connectivity index (χ0n) is 16.3. The van der Waals surface area contributed by atoms with Crippen LogP contribution in [-0.4, -0.2) is 54.7 Å². The highest BCUT2D eigenvalue weighted by Crippen LogP contribution is 2.59. The number of unbranched alkanes of at least 4 members (excludes halogenated alkanes) is 2. The van der Waals surface area contributed by atoms with Gasteiger partial charge in [0.05, 0.1) is 5.75 Å². The van der Waals surface area contributed by atoms with E-state index >= 15 is 0 Å². The summed E-state index contributed by atoms with van der Waals surface area (Å²) >= 11 is 0. The Hall–Kier alpha value is -0.700. The quantitative estimate of drug-likeness (QED) is 0.305. The third-order valence-electron chi connectivity index (χ3n) is 3.87. The van der Waals surface area contributed by atoms with E-state index in [0.717, 1.165) is 6.92 Å². The molecule has 0 fully saturated rings. The molecule has 0 N–H and O–H groups in total. The highest BCUT2D eigenvalue weighted by atomic mass is 32.3. The van der Waals surface area contributed by atoms with Crippen LogP contribution in [0, 0.1) is 0 Å². The minimum absolute atomic E-state index is 0.114. The summed E-state index contributed by atoms with van der Waals surface area (Å²) in [5.74, 6) is -16.9. The fraction of sp³-hybridized carbons (Fsp3) is 0.933. The number of halogens is 9. The summed E-state index contributed by atoms with van der Waals surface area (Å²) in [6.07, 6.45) is -6.24. The van der Waals surface area contributed by atoms with Gasteiger partial charge in [-0.3, -0.25) is 4.79 Å². The molecule has 0 saturated carbocycles. The smallest absolute Gasteiger partial charge is 0.299 e. The summed E-state index contributed by atoms with van der Waals surface area (Å²) in [5.41, 5.74) is 0. The molecule has 0 bridgehead atoms. The van der Waals surface area contributed by atoms with Gasteiger partial charge in [-0.15, -0.1) is 10.3 Å². The molecular weight excluding hydrogens is 479 g/mol. The maximum absolute atomic E-state index is 14.0. The number of ketones is 1. The van der Waals surface area contributed by atoms with Gasteiger partial charge in [-0.1, -0.05) is 26.7 Å². The zero-order chi connectivity index (χ0) is 24.2. The Balaban J connectivity index is 6.40. The van der Waals surface area contributed by atoms with Crippen molar-refractivity contribution in [3.8, 4) is 0 Å². The van der Waals surface area contributed by atoms with E-state index in [2.05, 4.69) is 3.63 Å². The second kappa shape index (κ2) is 9.84. The molecule has 182 valence electrons. The van der Waals surface area contributed by atoms with Crippen molar-refractivity contribution in [2.75, 3.05) is 17.3 Å². The molecule has 0 aromatic heterocycles. The number of rotatable bonds is 13. The van der Waals surface area contributed by atoms with Crippen LogP contribution in [-0.2, 0) is 18.5 Å². The molecule has 30 heavy (non-hydrogen) atoms. The first-order chi connectivity index (χ1) is 13.2. The van der Waals surface area contributed by atoms with Crippen LogP contribution in [0.4, 0.5) is 39.5 Å². The fourth-order valence-electron chi connectivity index (χ4n) is 2.27. The second-order valence-electron chi connectivity index (χ2n) is 6.61. The van der Waals surface area contributed by atoms with Crippen molar-refractivity contribution in [3.63, 3.8) is 0 Å². The van der Waals surface area contributed by atoms with Gasteiger partial charge in [-0.25, -0.2) is 3.63 Å². The van der Waals surface area contributed by atoms with Gasteiger partial charge in [0.1, 0.15) is 5.78 Å². The lowest BCUT2D eigenvalue weighted by atomic mass is 10.1. The maximum atomic E-state index is 14.0. The monoisotopic (exact) mass is 502 g/mol. The largest absolute Gasteiger partial charge is 0.460 e. The van der Waals surface area contributed by atoms with Gasteiger partial charge in [-0.2, -0.15) is 47.9 Å². The summed E-state index contributed by atoms with van der Waals surface area (Å²) in [5, 5.41) is -6.92. The van der Waals surface area contributed by atoms with Crippen LogP contribution in [0.2, 0.25) is 0 Å². The summed E-state index contributed by atoms with van der Waals surface area (Å²) in [6, 6.07) is 0. The average Bonchev–Trinajstić information content (AvgIpc) is 2.55. The Labute approximate surface area is 170 Å². The van der Waals surface area contributed by atoms with E-state index in [0.29, 0.717) is 12.8 Å². The molecule has 0 saturated heterocycles. The van der Waals surface area contributed by atoms with Gasteiger partial charge in [0.15, 0.2) is 0 Å². The zero-order valence-corrected chi connectivity index (χ0v) is 17.9. The van der Waals surface area contributed by atoms with Crippen molar-refractivity contribution in [2.45, 2.75) is 69.7 Å². The topological polar surface area (TPSA) is 60.4 Å². The number of hydrogen-bond donors (Lipinski definition) is 0. The molecule has 0 aromatic carbocycles. The van der Waals surface area contributed by atoms with E-state index in [1.807, 2.05) is 0 Å². The maximum Gasteiger partial charge on any atom is 0.460 e. The first kappa shape index (κ1) is 29.3. The average molecular weight is 502 g/mol. The van der Waals surface area contributed by atoms with E-state index in [1.54, 1.807) is 13.8 Å². The molecule has 0 aliphatic heterocycles. The standard InChI is InChI=1S/C15H23F9O4S2/c1-4-6-8-29(9-7-5-2,10-11(3)25)28-30(26,27)15(23,24)13(18,19)12(16,17)14(20,21)22/h4-10H2,1-3H3. The molecule has 0 aliphatic rings. The van der Waals surface area contributed by atoms with E-state index in [4.69, 9.17) is 0 Å². The molecule has 0 heterocycles. The van der Waals surface area contributed by atoms with Crippen LogP contribution < -0.4 is 0 Å². The molecule has 0 spiro atoms. The van der Waals surface area contributed by atoms with Crippen molar-refractivity contribution in [2.24, 2.45) is 0 Å². The third-order valence-corrected chi connectivity index (χ3v) is 9.62. The van der Waals surface area contributed by atoms with Crippen LogP contribution in [0.5, 0.6) is 0 Å². The highest BCUT2D eigenvalue weighted by Gasteiger charge is 2.86. The van der Waals surface area contributed by atoms with Gasteiger partial charge in [-0.05, 0) is 19.8 Å². The molecule has 0 aliphatic carbocycles. The predicted molar refractivity (Wildman–Crippen MR) is 93.6 cm³/mol. The predicted octanol–water partition coefficient (Wildman–Crippen LogP) is 5.67. The summed E-state index contributed by atoms with van der Waals surface area (Å²) in [4.78, 5) is 11.6. The SMILES string of the molecule is CCCCS(CCCC)(CC(C)=O)OS(=O)(=O)C(F)(F)C(F)(F)C(F)(F)C(F)(F)F. The minimum atomic E-state index is -7.37. The Morgan fingerprint density at radius 3 is 1.50 bits per heavy atom. The lowest BCUT2D eigenvalue weighted by Crippen LogP contribution is -2.63. The van der Waals surface area contributed by atoms with Gasteiger partial charge >= 0.3 is 33.4 Å². The van der Waals surface area contributed by atoms with Crippen LogP contribution in [0.3, 0.4) is 0 Å². The molecule has 0 rings (SSSR count). The number of hydrogen-bond acceptors (Lipinski definition) is 4. The van der Waals surface area contributed by atoms with Gasteiger partial charge in [0.25, 0.3) is 0 Å².